The first-order valence-electron chi connectivity index (χ1n) is 6.04. The van der Waals surface area contributed by atoms with Crippen molar-refractivity contribution in [3.63, 3.8) is 0 Å². The summed E-state index contributed by atoms with van der Waals surface area (Å²) in [5.41, 5.74) is 5.17. The highest BCUT2D eigenvalue weighted by Crippen LogP contribution is 2.31. The molecule has 0 heterocycles. The number of hydrogen-bond donors (Lipinski definition) is 1. The monoisotopic (exact) mass is 259 g/mol. The molecule has 0 spiro atoms. The van der Waals surface area contributed by atoms with Gasteiger partial charge in [0.1, 0.15) is 11.9 Å². The third-order valence-electron chi connectivity index (χ3n) is 3.15. The Morgan fingerprint density at radius 3 is 2.33 bits per heavy atom. The minimum absolute atomic E-state index is 0.0190. The minimum atomic E-state index is -4.30. The number of ether oxygens (including phenoxy) is 1. The van der Waals surface area contributed by atoms with Crippen LogP contribution in [0.4, 0.5) is 13.2 Å². The van der Waals surface area contributed by atoms with E-state index < -0.39 is 11.7 Å². The molecule has 0 unspecified atom stereocenters. The van der Waals surface area contributed by atoms with E-state index in [1.807, 2.05) is 0 Å². The lowest BCUT2D eigenvalue weighted by Crippen LogP contribution is -2.33. The van der Waals surface area contributed by atoms with Gasteiger partial charge >= 0.3 is 6.18 Å². The van der Waals surface area contributed by atoms with Crippen LogP contribution in [-0.4, -0.2) is 12.1 Å². The topological polar surface area (TPSA) is 35.2 Å². The van der Waals surface area contributed by atoms with Gasteiger partial charge < -0.3 is 10.5 Å². The largest absolute Gasteiger partial charge is 0.490 e. The highest BCUT2D eigenvalue weighted by Gasteiger charge is 2.30. The van der Waals surface area contributed by atoms with Gasteiger partial charge in [0.25, 0.3) is 0 Å². The Balaban J connectivity index is 1.98. The Morgan fingerprint density at radius 1 is 1.11 bits per heavy atom. The van der Waals surface area contributed by atoms with Crippen molar-refractivity contribution in [2.75, 3.05) is 0 Å². The summed E-state index contributed by atoms with van der Waals surface area (Å²) in [5, 5.41) is 0. The standard InChI is InChI=1S/C13H16F3NO/c14-13(15,16)9-4-6-11(7-5-9)18-12-3-1-2-10(17)8-12/h4-7,10,12H,1-3,8,17H2/t10-,12-/m0/s1. The predicted octanol–water partition coefficient (Wildman–Crippen LogP) is 3.35. The van der Waals surface area contributed by atoms with E-state index in [2.05, 4.69) is 0 Å². The molecule has 1 aromatic carbocycles. The lowest BCUT2D eigenvalue weighted by molar-refractivity contribution is -0.137. The predicted molar refractivity (Wildman–Crippen MR) is 62.3 cm³/mol. The van der Waals surface area contributed by atoms with Crippen molar-refractivity contribution < 1.29 is 17.9 Å². The molecule has 100 valence electrons. The summed E-state index contributed by atoms with van der Waals surface area (Å²) >= 11 is 0. The highest BCUT2D eigenvalue weighted by atomic mass is 19.4. The molecule has 5 heteroatoms. The summed E-state index contributed by atoms with van der Waals surface area (Å²) in [6.07, 6.45) is -0.605. The van der Waals surface area contributed by atoms with Crippen molar-refractivity contribution in [2.24, 2.45) is 5.73 Å². The van der Waals surface area contributed by atoms with E-state index in [0.29, 0.717) is 5.75 Å². The average molecular weight is 259 g/mol. The molecule has 2 N–H and O–H groups in total. The van der Waals surface area contributed by atoms with Gasteiger partial charge in [-0.1, -0.05) is 0 Å². The van der Waals surface area contributed by atoms with Crippen LogP contribution < -0.4 is 10.5 Å². The summed E-state index contributed by atoms with van der Waals surface area (Å²) < 4.78 is 42.8. The molecule has 2 rings (SSSR count). The molecule has 1 aliphatic carbocycles. The van der Waals surface area contributed by atoms with Crippen LogP contribution >= 0.6 is 0 Å². The first-order chi connectivity index (χ1) is 8.45. The summed E-state index contributed by atoms with van der Waals surface area (Å²) in [5.74, 6) is 0.474. The van der Waals surface area contributed by atoms with Gasteiger partial charge in [-0.25, -0.2) is 0 Å². The van der Waals surface area contributed by atoms with Gasteiger partial charge in [0.05, 0.1) is 5.56 Å². The van der Waals surface area contributed by atoms with E-state index in [1.54, 1.807) is 0 Å². The van der Waals surface area contributed by atoms with Crippen LogP contribution in [0, 0.1) is 0 Å². The van der Waals surface area contributed by atoms with E-state index in [9.17, 15) is 13.2 Å². The Labute approximate surface area is 104 Å². The van der Waals surface area contributed by atoms with Crippen molar-refractivity contribution in [1.82, 2.24) is 0 Å². The number of alkyl halides is 3. The van der Waals surface area contributed by atoms with E-state index in [0.717, 1.165) is 37.8 Å². The van der Waals surface area contributed by atoms with Crippen molar-refractivity contribution in [3.8, 4) is 5.75 Å². The van der Waals surface area contributed by atoms with Crippen LogP contribution in [0.2, 0.25) is 0 Å². The molecule has 2 nitrogen and oxygen atoms in total. The maximum absolute atomic E-state index is 12.4. The Hall–Kier alpha value is -1.23. The molecule has 0 aromatic heterocycles. The van der Waals surface area contributed by atoms with Crippen LogP contribution in [0.3, 0.4) is 0 Å². The van der Waals surface area contributed by atoms with E-state index >= 15 is 0 Å². The fourth-order valence-electron chi connectivity index (χ4n) is 2.20. The second kappa shape index (κ2) is 5.18. The number of benzene rings is 1. The van der Waals surface area contributed by atoms with Crippen LogP contribution in [0.15, 0.2) is 24.3 Å². The Bertz CT molecular complexity index is 388. The molecule has 1 aliphatic rings. The van der Waals surface area contributed by atoms with Crippen LogP contribution in [-0.2, 0) is 6.18 Å². The third-order valence-corrected chi connectivity index (χ3v) is 3.15. The second-order valence-corrected chi connectivity index (χ2v) is 4.69. The normalized spacial score (nSPS) is 24.9. The van der Waals surface area contributed by atoms with E-state index in [1.165, 1.54) is 12.1 Å². The molecule has 18 heavy (non-hydrogen) atoms. The Kier molecular flexibility index (Phi) is 3.80. The smallest absolute Gasteiger partial charge is 0.416 e. The first kappa shape index (κ1) is 13.2. The van der Waals surface area contributed by atoms with Gasteiger partial charge in [-0.3, -0.25) is 0 Å². The van der Waals surface area contributed by atoms with Crippen molar-refractivity contribution in [1.29, 1.82) is 0 Å². The van der Waals surface area contributed by atoms with Gasteiger partial charge in [-0.15, -0.1) is 0 Å². The molecule has 1 fully saturated rings. The molecular weight excluding hydrogens is 243 g/mol. The van der Waals surface area contributed by atoms with Crippen molar-refractivity contribution >= 4 is 0 Å². The van der Waals surface area contributed by atoms with Crippen LogP contribution in [0.5, 0.6) is 5.75 Å². The first-order valence-corrected chi connectivity index (χ1v) is 6.04. The van der Waals surface area contributed by atoms with Gasteiger partial charge in [0.15, 0.2) is 0 Å². The summed E-state index contributed by atoms with van der Waals surface area (Å²) in [6.45, 7) is 0. The molecule has 1 saturated carbocycles. The summed E-state index contributed by atoms with van der Waals surface area (Å²) in [7, 11) is 0. The number of halogens is 3. The summed E-state index contributed by atoms with van der Waals surface area (Å²) in [6, 6.07) is 4.94. The lowest BCUT2D eigenvalue weighted by Gasteiger charge is -2.27. The van der Waals surface area contributed by atoms with Crippen LogP contribution in [0.1, 0.15) is 31.2 Å². The van der Waals surface area contributed by atoms with E-state index in [4.69, 9.17) is 10.5 Å². The number of nitrogens with two attached hydrogens (primary N) is 1. The quantitative estimate of drug-likeness (QED) is 0.884. The average Bonchev–Trinajstić information content (AvgIpc) is 2.28. The van der Waals surface area contributed by atoms with E-state index in [-0.39, 0.29) is 12.1 Å². The molecular formula is C13H16F3NO. The fraction of sp³-hybridized carbons (Fsp3) is 0.538. The SMILES string of the molecule is N[C@H]1CCC[C@H](Oc2ccc(C(F)(F)F)cc2)C1. The number of rotatable bonds is 2. The zero-order valence-corrected chi connectivity index (χ0v) is 9.91. The zero-order chi connectivity index (χ0) is 13.2. The summed E-state index contributed by atoms with van der Waals surface area (Å²) in [4.78, 5) is 0. The van der Waals surface area contributed by atoms with Gasteiger partial charge in [-0.2, -0.15) is 13.2 Å². The highest BCUT2D eigenvalue weighted by molar-refractivity contribution is 5.29. The lowest BCUT2D eigenvalue weighted by atomic mass is 9.93. The molecule has 0 amide bonds. The second-order valence-electron chi connectivity index (χ2n) is 4.69. The number of hydrogen-bond acceptors (Lipinski definition) is 2. The van der Waals surface area contributed by atoms with Gasteiger partial charge in [-0.05, 0) is 49.9 Å². The molecule has 1 aromatic rings. The third kappa shape index (κ3) is 3.38. The molecule has 2 atom stereocenters. The van der Waals surface area contributed by atoms with Crippen molar-refractivity contribution in [2.45, 2.75) is 44.0 Å². The molecule has 0 saturated heterocycles. The van der Waals surface area contributed by atoms with Crippen LogP contribution in [0.25, 0.3) is 0 Å². The molecule has 0 bridgehead atoms. The van der Waals surface area contributed by atoms with Crippen molar-refractivity contribution in [3.05, 3.63) is 29.8 Å². The fourth-order valence-corrected chi connectivity index (χ4v) is 2.20. The Morgan fingerprint density at radius 2 is 1.78 bits per heavy atom. The maximum Gasteiger partial charge on any atom is 0.416 e. The molecule has 0 aliphatic heterocycles. The zero-order valence-electron chi connectivity index (χ0n) is 9.91. The van der Waals surface area contributed by atoms with Gasteiger partial charge in [0, 0.05) is 6.04 Å². The molecule has 0 radical (unpaired) electrons. The van der Waals surface area contributed by atoms with Gasteiger partial charge in [0.2, 0.25) is 0 Å². The minimum Gasteiger partial charge on any atom is -0.490 e. The maximum atomic E-state index is 12.4.